The predicted molar refractivity (Wildman–Crippen MR) is 80.5 cm³/mol. The maximum absolute atomic E-state index is 6.30. The second-order valence-corrected chi connectivity index (χ2v) is 6.32. The minimum absolute atomic E-state index is 0.180. The van der Waals surface area contributed by atoms with Gasteiger partial charge in [-0.3, -0.25) is 0 Å². The molecule has 0 spiro atoms. The molecule has 3 rings (SSSR count). The zero-order valence-electron chi connectivity index (χ0n) is 11.5. The summed E-state index contributed by atoms with van der Waals surface area (Å²) in [5, 5.41) is 0.409. The van der Waals surface area contributed by atoms with E-state index in [-0.39, 0.29) is 17.5 Å². The third-order valence-electron chi connectivity index (χ3n) is 3.93. The van der Waals surface area contributed by atoms with Gasteiger partial charge in [-0.25, -0.2) is 9.97 Å². The Kier molecular flexibility index (Phi) is 3.89. The Balaban J connectivity index is 2.18. The quantitative estimate of drug-likeness (QED) is 0.800. The molecule has 0 radical (unpaired) electrons. The van der Waals surface area contributed by atoms with Crippen molar-refractivity contribution in [2.24, 2.45) is 0 Å². The van der Waals surface area contributed by atoms with Crippen LogP contribution in [0.15, 0.2) is 12.3 Å². The maximum Gasteiger partial charge on any atom is 0.160 e. The molecule has 3 atom stereocenters. The summed E-state index contributed by atoms with van der Waals surface area (Å²) in [4.78, 5) is 9.07. The van der Waals surface area contributed by atoms with Crippen molar-refractivity contribution in [3.05, 3.63) is 23.1 Å². The summed E-state index contributed by atoms with van der Waals surface area (Å²) in [6, 6.07) is 2.08. The summed E-state index contributed by atoms with van der Waals surface area (Å²) in [7, 11) is 1.76. The van der Waals surface area contributed by atoms with Gasteiger partial charge in [0.25, 0.3) is 0 Å². The van der Waals surface area contributed by atoms with Crippen molar-refractivity contribution in [1.29, 1.82) is 0 Å². The van der Waals surface area contributed by atoms with Gasteiger partial charge in [0.2, 0.25) is 0 Å². The number of imidazole rings is 1. The minimum Gasteiger partial charge on any atom is -0.379 e. The molecule has 0 amide bonds. The van der Waals surface area contributed by atoms with Crippen LogP contribution in [0.1, 0.15) is 43.4 Å². The van der Waals surface area contributed by atoms with Crippen LogP contribution in [0.2, 0.25) is 5.02 Å². The lowest BCUT2D eigenvalue weighted by Gasteiger charge is -2.22. The Morgan fingerprint density at radius 3 is 2.95 bits per heavy atom. The van der Waals surface area contributed by atoms with E-state index in [4.69, 9.17) is 27.9 Å². The van der Waals surface area contributed by atoms with E-state index in [2.05, 4.69) is 14.5 Å². The Morgan fingerprint density at radius 1 is 1.45 bits per heavy atom. The minimum atomic E-state index is -0.180. The second-order valence-electron chi connectivity index (χ2n) is 5.22. The highest BCUT2D eigenvalue weighted by Crippen LogP contribution is 2.37. The molecule has 20 heavy (non-hydrogen) atoms. The van der Waals surface area contributed by atoms with Gasteiger partial charge in [0.05, 0.1) is 22.5 Å². The molecule has 0 aromatic carbocycles. The van der Waals surface area contributed by atoms with Gasteiger partial charge in [-0.1, -0.05) is 11.6 Å². The number of rotatable bonds is 3. The fourth-order valence-electron chi connectivity index (χ4n) is 3.06. The van der Waals surface area contributed by atoms with Gasteiger partial charge in [0.15, 0.2) is 5.65 Å². The van der Waals surface area contributed by atoms with Gasteiger partial charge in [0.1, 0.15) is 11.3 Å². The Hall–Kier alpha value is -0.840. The van der Waals surface area contributed by atoms with E-state index in [1.165, 1.54) is 0 Å². The number of methoxy groups -OCH3 is 1. The number of halogens is 2. The van der Waals surface area contributed by atoms with Gasteiger partial charge >= 0.3 is 0 Å². The van der Waals surface area contributed by atoms with E-state index in [1.807, 2.05) is 13.0 Å². The first-order valence-electron chi connectivity index (χ1n) is 6.82. The summed E-state index contributed by atoms with van der Waals surface area (Å²) >= 11 is 12.3. The molecule has 2 heterocycles. The van der Waals surface area contributed by atoms with Crippen LogP contribution >= 0.6 is 23.2 Å². The Labute approximate surface area is 128 Å². The Morgan fingerprint density at radius 2 is 2.25 bits per heavy atom. The van der Waals surface area contributed by atoms with Gasteiger partial charge in [-0.2, -0.15) is 0 Å². The van der Waals surface area contributed by atoms with E-state index < -0.39 is 0 Å². The number of aromatic nitrogens is 3. The number of fused-ring (bicyclic) bond motifs is 1. The van der Waals surface area contributed by atoms with Crippen molar-refractivity contribution in [3.8, 4) is 0 Å². The fourth-order valence-corrected chi connectivity index (χ4v) is 3.37. The number of hydrogen-bond donors (Lipinski definition) is 0. The van der Waals surface area contributed by atoms with E-state index in [9.17, 15) is 0 Å². The molecule has 4 nitrogen and oxygen atoms in total. The van der Waals surface area contributed by atoms with Crippen LogP contribution in [-0.2, 0) is 4.74 Å². The molecule has 0 saturated heterocycles. The summed E-state index contributed by atoms with van der Waals surface area (Å²) in [5.41, 5.74) is 1.63. The molecule has 108 valence electrons. The highest BCUT2D eigenvalue weighted by molar-refractivity contribution is 6.31. The van der Waals surface area contributed by atoms with Gasteiger partial charge in [0, 0.05) is 13.3 Å². The highest BCUT2D eigenvalue weighted by Gasteiger charge is 2.32. The summed E-state index contributed by atoms with van der Waals surface area (Å²) < 4.78 is 7.75. The van der Waals surface area contributed by atoms with Crippen molar-refractivity contribution >= 4 is 34.4 Å². The molecule has 2 aromatic rings. The predicted octanol–water partition coefficient (Wildman–Crippen LogP) is 4.12. The Bertz CT molecular complexity index is 626. The molecule has 1 saturated carbocycles. The molecule has 1 aliphatic rings. The molecule has 1 fully saturated rings. The van der Waals surface area contributed by atoms with Crippen LogP contribution in [0, 0.1) is 0 Å². The molecular formula is C14H17Cl2N3O. The van der Waals surface area contributed by atoms with Crippen molar-refractivity contribution in [1.82, 2.24) is 14.5 Å². The third kappa shape index (κ3) is 2.30. The van der Waals surface area contributed by atoms with Crippen molar-refractivity contribution in [3.63, 3.8) is 0 Å². The molecule has 0 aliphatic heterocycles. The summed E-state index contributed by atoms with van der Waals surface area (Å²) in [5.74, 6) is 0.838. The molecule has 0 bridgehead atoms. The average molecular weight is 314 g/mol. The van der Waals surface area contributed by atoms with E-state index in [1.54, 1.807) is 13.3 Å². The molecule has 2 aromatic heterocycles. The van der Waals surface area contributed by atoms with Gasteiger partial charge in [-0.15, -0.1) is 11.6 Å². The smallest absolute Gasteiger partial charge is 0.160 e. The molecule has 6 heteroatoms. The number of nitrogens with zero attached hydrogens (tertiary/aromatic N) is 3. The molecule has 3 unspecified atom stereocenters. The van der Waals surface area contributed by atoms with Crippen LogP contribution in [0.3, 0.4) is 0 Å². The van der Waals surface area contributed by atoms with Crippen molar-refractivity contribution in [2.45, 2.75) is 43.7 Å². The van der Waals surface area contributed by atoms with Crippen LogP contribution in [0.5, 0.6) is 0 Å². The first kappa shape index (κ1) is 14.1. The average Bonchev–Trinajstić information content (AvgIpc) is 3.00. The van der Waals surface area contributed by atoms with Crippen molar-refractivity contribution in [2.75, 3.05) is 7.11 Å². The van der Waals surface area contributed by atoms with Crippen molar-refractivity contribution < 1.29 is 4.74 Å². The maximum atomic E-state index is 6.30. The fraction of sp³-hybridized carbons (Fsp3) is 0.571. The largest absolute Gasteiger partial charge is 0.379 e. The van der Waals surface area contributed by atoms with Gasteiger partial charge < -0.3 is 9.30 Å². The molecular weight excluding hydrogens is 297 g/mol. The van der Waals surface area contributed by atoms with Crippen LogP contribution in [0.4, 0.5) is 0 Å². The zero-order chi connectivity index (χ0) is 14.3. The number of hydrogen-bond acceptors (Lipinski definition) is 3. The van der Waals surface area contributed by atoms with Crippen LogP contribution in [-0.4, -0.2) is 27.7 Å². The lowest BCUT2D eigenvalue weighted by atomic mass is 10.2. The number of ether oxygens (including phenoxy) is 1. The third-order valence-corrected chi connectivity index (χ3v) is 4.33. The van der Waals surface area contributed by atoms with E-state index in [0.29, 0.717) is 5.02 Å². The lowest BCUT2D eigenvalue weighted by Crippen LogP contribution is -2.22. The SMILES string of the molecule is COC1CCCC1n1c(C(C)Cl)nc2cc(Cl)cnc21. The summed E-state index contributed by atoms with van der Waals surface area (Å²) in [6.45, 7) is 1.93. The first-order chi connectivity index (χ1) is 9.61. The van der Waals surface area contributed by atoms with E-state index in [0.717, 1.165) is 36.3 Å². The molecule has 1 aliphatic carbocycles. The number of pyridine rings is 1. The second kappa shape index (κ2) is 5.51. The van der Waals surface area contributed by atoms with Gasteiger partial charge in [-0.05, 0) is 32.3 Å². The highest BCUT2D eigenvalue weighted by atomic mass is 35.5. The molecule has 0 N–H and O–H groups in total. The zero-order valence-corrected chi connectivity index (χ0v) is 13.0. The van der Waals surface area contributed by atoms with Crippen LogP contribution in [0.25, 0.3) is 11.2 Å². The van der Waals surface area contributed by atoms with E-state index >= 15 is 0 Å². The number of alkyl halides is 1. The topological polar surface area (TPSA) is 39.9 Å². The normalized spacial score (nSPS) is 24.4. The standard InChI is InChI=1S/C14H17Cl2N3O/c1-8(15)13-18-10-6-9(16)7-17-14(10)19(13)11-4-3-5-12(11)20-2/h6-8,11-12H,3-5H2,1-2H3. The van der Waals surface area contributed by atoms with Crippen LogP contribution < -0.4 is 0 Å². The lowest BCUT2D eigenvalue weighted by molar-refractivity contribution is 0.0751. The summed E-state index contributed by atoms with van der Waals surface area (Å²) in [6.07, 6.45) is 5.11. The monoisotopic (exact) mass is 313 g/mol. The first-order valence-corrected chi connectivity index (χ1v) is 7.63.